The van der Waals surface area contributed by atoms with Gasteiger partial charge >= 0.3 is 0 Å². The molecule has 0 saturated heterocycles. The third-order valence-corrected chi connectivity index (χ3v) is 3.40. The summed E-state index contributed by atoms with van der Waals surface area (Å²) in [5, 5.41) is 8.91. The monoisotopic (exact) mass is 223 g/mol. The minimum absolute atomic E-state index is 0.209. The first-order valence-corrected chi connectivity index (χ1v) is 6.16. The standard InChI is InChI=1S/C13H21NO2/c1-3-14(6-7-15)9-11-4-5-13(16-11)12-8-10(12)2/h4-5,10,12,15H,3,6-9H2,1-2H3. The Bertz CT molecular complexity index is 334. The van der Waals surface area contributed by atoms with Gasteiger partial charge in [0.2, 0.25) is 0 Å². The maximum Gasteiger partial charge on any atom is 0.118 e. The second-order valence-corrected chi connectivity index (χ2v) is 4.72. The molecule has 0 bridgehead atoms. The molecule has 2 unspecified atom stereocenters. The number of likely N-dealkylation sites (N-methyl/N-ethyl adjacent to an activating group) is 1. The van der Waals surface area contributed by atoms with Gasteiger partial charge in [-0.25, -0.2) is 0 Å². The summed E-state index contributed by atoms with van der Waals surface area (Å²) in [7, 11) is 0. The Balaban J connectivity index is 1.91. The lowest BCUT2D eigenvalue weighted by Crippen LogP contribution is -2.25. The third kappa shape index (κ3) is 2.66. The Morgan fingerprint density at radius 3 is 2.81 bits per heavy atom. The van der Waals surface area contributed by atoms with Gasteiger partial charge in [-0.2, -0.15) is 0 Å². The highest BCUT2D eigenvalue weighted by Crippen LogP contribution is 2.47. The Morgan fingerprint density at radius 2 is 2.25 bits per heavy atom. The van der Waals surface area contributed by atoms with Crippen molar-refractivity contribution >= 4 is 0 Å². The van der Waals surface area contributed by atoms with Crippen LogP contribution in [0.25, 0.3) is 0 Å². The molecule has 0 spiro atoms. The molecule has 1 saturated carbocycles. The van der Waals surface area contributed by atoms with Crippen LogP contribution in [0.4, 0.5) is 0 Å². The molecule has 1 aromatic rings. The van der Waals surface area contributed by atoms with Crippen LogP contribution in [-0.2, 0) is 6.54 Å². The summed E-state index contributed by atoms with van der Waals surface area (Å²) in [5.74, 6) is 3.60. The van der Waals surface area contributed by atoms with E-state index < -0.39 is 0 Å². The van der Waals surface area contributed by atoms with Crippen molar-refractivity contribution in [2.24, 2.45) is 5.92 Å². The SMILES string of the molecule is CCN(CCO)Cc1ccc(C2CC2C)o1. The summed E-state index contributed by atoms with van der Waals surface area (Å²) >= 11 is 0. The molecule has 1 fully saturated rings. The number of rotatable bonds is 6. The molecule has 2 rings (SSSR count). The van der Waals surface area contributed by atoms with E-state index in [9.17, 15) is 0 Å². The molecular weight excluding hydrogens is 202 g/mol. The number of hydrogen-bond donors (Lipinski definition) is 1. The molecule has 16 heavy (non-hydrogen) atoms. The van der Waals surface area contributed by atoms with Crippen LogP contribution in [0.2, 0.25) is 0 Å². The molecule has 0 amide bonds. The van der Waals surface area contributed by atoms with Gasteiger partial charge in [0.05, 0.1) is 13.2 Å². The molecule has 3 nitrogen and oxygen atoms in total. The smallest absolute Gasteiger partial charge is 0.118 e. The molecule has 2 atom stereocenters. The van der Waals surface area contributed by atoms with Crippen LogP contribution in [-0.4, -0.2) is 29.7 Å². The van der Waals surface area contributed by atoms with Crippen LogP contribution in [0.15, 0.2) is 16.5 Å². The van der Waals surface area contributed by atoms with Gasteiger partial charge in [-0.05, 0) is 31.0 Å². The zero-order chi connectivity index (χ0) is 11.5. The van der Waals surface area contributed by atoms with Gasteiger partial charge in [0.25, 0.3) is 0 Å². The number of hydrogen-bond acceptors (Lipinski definition) is 3. The van der Waals surface area contributed by atoms with E-state index in [-0.39, 0.29) is 6.61 Å². The Morgan fingerprint density at radius 1 is 1.50 bits per heavy atom. The lowest BCUT2D eigenvalue weighted by Gasteiger charge is -2.17. The summed E-state index contributed by atoms with van der Waals surface area (Å²) in [6.07, 6.45) is 1.26. The highest BCUT2D eigenvalue weighted by molar-refractivity contribution is 5.17. The number of aliphatic hydroxyl groups is 1. The van der Waals surface area contributed by atoms with Gasteiger partial charge < -0.3 is 9.52 Å². The topological polar surface area (TPSA) is 36.6 Å². The van der Waals surface area contributed by atoms with Crippen LogP contribution in [0, 0.1) is 5.92 Å². The Hall–Kier alpha value is -0.800. The third-order valence-electron chi connectivity index (χ3n) is 3.40. The van der Waals surface area contributed by atoms with Crippen molar-refractivity contribution in [2.75, 3.05) is 19.7 Å². The van der Waals surface area contributed by atoms with Crippen molar-refractivity contribution in [3.05, 3.63) is 23.7 Å². The lowest BCUT2D eigenvalue weighted by molar-refractivity contribution is 0.186. The van der Waals surface area contributed by atoms with Crippen molar-refractivity contribution in [1.29, 1.82) is 0 Å². The summed E-state index contributed by atoms with van der Waals surface area (Å²) in [6, 6.07) is 4.18. The van der Waals surface area contributed by atoms with E-state index in [2.05, 4.69) is 30.9 Å². The number of nitrogens with zero attached hydrogens (tertiary/aromatic N) is 1. The Labute approximate surface area is 97.1 Å². The summed E-state index contributed by atoms with van der Waals surface area (Å²) in [6.45, 7) is 7.03. The summed E-state index contributed by atoms with van der Waals surface area (Å²) in [5.41, 5.74) is 0. The molecule has 1 aliphatic carbocycles. The molecule has 1 N–H and O–H groups in total. The zero-order valence-electron chi connectivity index (χ0n) is 10.1. The summed E-state index contributed by atoms with van der Waals surface area (Å²) < 4.78 is 5.83. The van der Waals surface area contributed by atoms with Crippen molar-refractivity contribution in [3.8, 4) is 0 Å². The molecule has 90 valence electrons. The van der Waals surface area contributed by atoms with Crippen molar-refractivity contribution in [1.82, 2.24) is 4.90 Å². The molecule has 0 aromatic carbocycles. The predicted molar refractivity (Wildman–Crippen MR) is 63.3 cm³/mol. The molecule has 1 aromatic heterocycles. The van der Waals surface area contributed by atoms with Gasteiger partial charge in [-0.3, -0.25) is 4.90 Å². The molecular formula is C13H21NO2. The quantitative estimate of drug-likeness (QED) is 0.803. The fourth-order valence-electron chi connectivity index (χ4n) is 2.11. The van der Waals surface area contributed by atoms with E-state index in [1.807, 2.05) is 0 Å². The fraction of sp³-hybridized carbons (Fsp3) is 0.692. The van der Waals surface area contributed by atoms with E-state index in [0.29, 0.717) is 12.5 Å². The van der Waals surface area contributed by atoms with Crippen LogP contribution >= 0.6 is 0 Å². The van der Waals surface area contributed by atoms with Gasteiger partial charge in [0.1, 0.15) is 11.5 Å². The fourth-order valence-corrected chi connectivity index (χ4v) is 2.11. The van der Waals surface area contributed by atoms with Gasteiger partial charge in [0, 0.05) is 12.5 Å². The zero-order valence-corrected chi connectivity index (χ0v) is 10.1. The first kappa shape index (κ1) is 11.7. The second-order valence-electron chi connectivity index (χ2n) is 4.72. The van der Waals surface area contributed by atoms with E-state index in [0.717, 1.165) is 30.5 Å². The van der Waals surface area contributed by atoms with Crippen LogP contribution in [0.5, 0.6) is 0 Å². The van der Waals surface area contributed by atoms with Gasteiger partial charge in [-0.1, -0.05) is 13.8 Å². The van der Waals surface area contributed by atoms with Crippen LogP contribution < -0.4 is 0 Å². The van der Waals surface area contributed by atoms with Crippen LogP contribution in [0.1, 0.15) is 37.7 Å². The highest BCUT2D eigenvalue weighted by atomic mass is 16.3. The molecule has 0 aliphatic heterocycles. The molecule has 1 aliphatic rings. The van der Waals surface area contributed by atoms with Gasteiger partial charge in [-0.15, -0.1) is 0 Å². The largest absolute Gasteiger partial charge is 0.464 e. The average Bonchev–Trinajstić information content (AvgIpc) is 2.83. The molecule has 1 heterocycles. The van der Waals surface area contributed by atoms with E-state index in [1.54, 1.807) is 0 Å². The summed E-state index contributed by atoms with van der Waals surface area (Å²) in [4.78, 5) is 2.18. The highest BCUT2D eigenvalue weighted by Gasteiger charge is 2.36. The van der Waals surface area contributed by atoms with E-state index in [1.165, 1.54) is 6.42 Å². The Kier molecular flexibility index (Phi) is 3.66. The predicted octanol–water partition coefficient (Wildman–Crippen LogP) is 2.22. The lowest BCUT2D eigenvalue weighted by atomic mass is 10.3. The van der Waals surface area contributed by atoms with E-state index >= 15 is 0 Å². The second kappa shape index (κ2) is 5.02. The normalized spacial score (nSPS) is 24.0. The van der Waals surface area contributed by atoms with Crippen molar-refractivity contribution in [3.63, 3.8) is 0 Å². The maximum absolute atomic E-state index is 8.91. The first-order chi connectivity index (χ1) is 7.74. The number of furan rings is 1. The van der Waals surface area contributed by atoms with Gasteiger partial charge in [0.15, 0.2) is 0 Å². The molecule has 3 heteroatoms. The van der Waals surface area contributed by atoms with Crippen molar-refractivity contribution < 1.29 is 9.52 Å². The average molecular weight is 223 g/mol. The number of aliphatic hydroxyl groups excluding tert-OH is 1. The minimum Gasteiger partial charge on any atom is -0.464 e. The minimum atomic E-state index is 0.209. The van der Waals surface area contributed by atoms with E-state index in [4.69, 9.17) is 9.52 Å². The first-order valence-electron chi connectivity index (χ1n) is 6.16. The van der Waals surface area contributed by atoms with Crippen LogP contribution in [0.3, 0.4) is 0 Å². The molecule has 0 radical (unpaired) electrons. The van der Waals surface area contributed by atoms with Crippen molar-refractivity contribution in [2.45, 2.75) is 32.7 Å². The maximum atomic E-state index is 8.91.